The van der Waals surface area contributed by atoms with Crippen molar-refractivity contribution in [3.05, 3.63) is 124 Å². The van der Waals surface area contributed by atoms with Gasteiger partial charge in [0.2, 0.25) is 0 Å². The van der Waals surface area contributed by atoms with E-state index in [-0.39, 0.29) is 39.2 Å². The molecule has 7 aromatic rings. The maximum atomic E-state index is 7.74. The van der Waals surface area contributed by atoms with E-state index in [0.29, 0.717) is 5.92 Å². The van der Waals surface area contributed by atoms with Crippen LogP contribution in [-0.2, 0) is 32.5 Å². The molecular formula is C64H79BN2O2. The molecule has 3 aliphatic rings. The van der Waals surface area contributed by atoms with Crippen LogP contribution in [-0.4, -0.2) is 6.71 Å². The Morgan fingerprint density at radius 1 is 0.420 bits per heavy atom. The third-order valence-electron chi connectivity index (χ3n) is 15.9. The minimum atomic E-state index is -0.299. The fourth-order valence-electron chi connectivity index (χ4n) is 11.6. The summed E-state index contributed by atoms with van der Waals surface area (Å²) < 4.78 is 15.5. The lowest BCUT2D eigenvalue weighted by atomic mass is 9.37. The summed E-state index contributed by atoms with van der Waals surface area (Å²) in [6, 6.07) is 33.8. The lowest BCUT2D eigenvalue weighted by Crippen LogP contribution is -2.60. The van der Waals surface area contributed by atoms with Crippen molar-refractivity contribution in [1.82, 2.24) is 0 Å². The van der Waals surface area contributed by atoms with Crippen LogP contribution in [0.2, 0.25) is 0 Å². The van der Waals surface area contributed by atoms with Crippen molar-refractivity contribution in [2.75, 3.05) is 9.80 Å². The van der Waals surface area contributed by atoms with E-state index < -0.39 is 0 Å². The van der Waals surface area contributed by atoms with Gasteiger partial charge < -0.3 is 18.6 Å². The Hall–Kier alpha value is -5.16. The van der Waals surface area contributed by atoms with Crippen LogP contribution in [0.15, 0.2) is 93.8 Å². The highest BCUT2D eigenvalue weighted by molar-refractivity contribution is 6.99. The maximum Gasteiger partial charge on any atom is 0.342 e. The molecule has 2 aromatic heterocycles. The average Bonchev–Trinajstić information content (AvgIpc) is 3.83. The van der Waals surface area contributed by atoms with E-state index in [2.05, 4.69) is 219 Å². The summed E-state index contributed by atoms with van der Waals surface area (Å²) in [4.78, 5) is 5.20. The molecule has 1 saturated carbocycles. The predicted octanol–water partition coefficient (Wildman–Crippen LogP) is 17.1. The first-order chi connectivity index (χ1) is 32.0. The van der Waals surface area contributed by atoms with Crippen LogP contribution in [0.4, 0.5) is 34.1 Å². The Morgan fingerprint density at radius 2 is 0.783 bits per heavy atom. The molecule has 2 aliphatic heterocycles. The van der Waals surface area contributed by atoms with Gasteiger partial charge in [-0.1, -0.05) is 180 Å². The highest BCUT2D eigenvalue weighted by Gasteiger charge is 2.51. The molecule has 69 heavy (non-hydrogen) atoms. The summed E-state index contributed by atoms with van der Waals surface area (Å²) >= 11 is 0. The molecule has 10 rings (SSSR count). The zero-order valence-corrected chi connectivity index (χ0v) is 45.5. The Morgan fingerprint density at radius 3 is 1.12 bits per heavy atom. The van der Waals surface area contributed by atoms with Gasteiger partial charge in [0.15, 0.2) is 0 Å². The molecule has 4 heterocycles. The molecule has 0 atom stereocenters. The first-order valence-electron chi connectivity index (χ1n) is 26.2. The minimum Gasteiger partial charge on any atom is -0.468 e. The molecule has 0 bridgehead atoms. The van der Waals surface area contributed by atoms with Gasteiger partial charge in [-0.25, -0.2) is 0 Å². The second-order valence-electron chi connectivity index (χ2n) is 27.4. The summed E-state index contributed by atoms with van der Waals surface area (Å²) in [6.45, 7) is 41.6. The van der Waals surface area contributed by atoms with Crippen LogP contribution in [0.3, 0.4) is 0 Å². The molecule has 0 saturated heterocycles. The van der Waals surface area contributed by atoms with Crippen molar-refractivity contribution in [1.29, 1.82) is 0 Å². The average molecular weight is 919 g/mol. The van der Waals surface area contributed by atoms with E-state index in [1.54, 1.807) is 0 Å². The van der Waals surface area contributed by atoms with E-state index >= 15 is 0 Å². The highest BCUT2D eigenvalue weighted by Crippen LogP contribution is 2.53. The lowest BCUT2D eigenvalue weighted by molar-refractivity contribution is 0.444. The molecule has 5 heteroatoms. The van der Waals surface area contributed by atoms with Gasteiger partial charge in [0.05, 0.1) is 11.4 Å². The SMILES string of the molecule is CC(C)(C)c1ccc(N2c3cc(C4CCCCC4)cc4c3B(c3oc5c(C(C)(C)C)cc(C(C)(C)C)cc5c32)c2oc3c(C(C)(C)C)cc(C(C)(C)C)cc3c2N4c2ccc(C(C)(C)C)cc2)cc1. The van der Waals surface area contributed by atoms with Crippen molar-refractivity contribution in [2.24, 2.45) is 0 Å². The fourth-order valence-corrected chi connectivity index (χ4v) is 11.6. The minimum absolute atomic E-state index is 0.0157. The standard InChI is InChI=1S/C64H79BN2O2/c1-59(2,3)40-24-28-44(29-25-40)66-50-32-39(38-22-20-19-21-23-38)33-51-52(50)65(57-53(66)46-34-42(61(7,8)9)36-48(55(46)68-57)63(13,14)15)58-54(67(51)45-30-26-41(27-31-45)60(4,5)6)47-35-43(62(10,11)12)37-49(56(47)69-58)64(16,17)18/h24-38H,19-23H2,1-18H3. The smallest absolute Gasteiger partial charge is 0.342 e. The highest BCUT2D eigenvalue weighted by atomic mass is 16.3. The molecule has 0 N–H and O–H groups in total. The number of rotatable bonds is 3. The molecule has 0 amide bonds. The number of hydrogen-bond acceptors (Lipinski definition) is 4. The topological polar surface area (TPSA) is 32.8 Å². The summed E-state index contributed by atoms with van der Waals surface area (Å²) in [5.41, 5.74) is 20.8. The molecule has 360 valence electrons. The Kier molecular flexibility index (Phi) is 10.8. The van der Waals surface area contributed by atoms with Gasteiger partial charge in [-0.2, -0.15) is 0 Å². The van der Waals surface area contributed by atoms with Crippen LogP contribution in [0.25, 0.3) is 21.9 Å². The van der Waals surface area contributed by atoms with Crippen LogP contribution < -0.4 is 26.6 Å². The normalized spacial score (nSPS) is 16.1. The molecular weight excluding hydrogens is 840 g/mol. The van der Waals surface area contributed by atoms with Gasteiger partial charge >= 0.3 is 6.71 Å². The number of benzene rings is 5. The summed E-state index contributed by atoms with van der Waals surface area (Å²) in [7, 11) is 0. The lowest BCUT2D eigenvalue weighted by Gasteiger charge is -2.42. The third-order valence-corrected chi connectivity index (χ3v) is 15.9. The fraction of sp³-hybridized carbons (Fsp3) is 0.469. The molecule has 0 spiro atoms. The van der Waals surface area contributed by atoms with E-state index in [1.807, 2.05) is 0 Å². The molecule has 0 radical (unpaired) electrons. The van der Waals surface area contributed by atoms with E-state index in [4.69, 9.17) is 8.83 Å². The van der Waals surface area contributed by atoms with Crippen LogP contribution >= 0.6 is 0 Å². The first kappa shape index (κ1) is 47.5. The van der Waals surface area contributed by atoms with Crippen LogP contribution in [0.1, 0.15) is 202 Å². The Bertz CT molecular complexity index is 2930. The molecule has 1 aliphatic carbocycles. The largest absolute Gasteiger partial charge is 0.468 e. The maximum absolute atomic E-state index is 7.74. The third kappa shape index (κ3) is 7.97. The quantitative estimate of drug-likeness (QED) is 0.165. The molecule has 4 nitrogen and oxygen atoms in total. The monoisotopic (exact) mass is 919 g/mol. The van der Waals surface area contributed by atoms with E-state index in [0.717, 1.165) is 45.2 Å². The van der Waals surface area contributed by atoms with Crippen molar-refractivity contribution in [3.8, 4) is 0 Å². The molecule has 5 aromatic carbocycles. The Labute approximate surface area is 415 Å². The second kappa shape index (κ2) is 15.7. The zero-order valence-electron chi connectivity index (χ0n) is 45.5. The second-order valence-corrected chi connectivity index (χ2v) is 27.4. The first-order valence-corrected chi connectivity index (χ1v) is 26.2. The van der Waals surface area contributed by atoms with Crippen molar-refractivity contribution in [3.63, 3.8) is 0 Å². The predicted molar refractivity (Wildman–Crippen MR) is 298 cm³/mol. The van der Waals surface area contributed by atoms with Crippen LogP contribution in [0.5, 0.6) is 0 Å². The summed E-state index contributed by atoms with van der Waals surface area (Å²) in [5, 5.41) is 2.33. The van der Waals surface area contributed by atoms with Gasteiger partial charge in [-0.15, -0.1) is 0 Å². The van der Waals surface area contributed by atoms with E-state index in [9.17, 15) is 0 Å². The Balaban J connectivity index is 1.41. The van der Waals surface area contributed by atoms with Gasteiger partial charge in [-0.05, 0) is 133 Å². The molecule has 1 fully saturated rings. The van der Waals surface area contributed by atoms with Crippen molar-refractivity contribution < 1.29 is 8.83 Å². The van der Waals surface area contributed by atoms with Gasteiger partial charge in [0, 0.05) is 44.6 Å². The van der Waals surface area contributed by atoms with Gasteiger partial charge in [-0.3, -0.25) is 0 Å². The van der Waals surface area contributed by atoms with Crippen molar-refractivity contribution in [2.45, 2.75) is 195 Å². The number of furan rings is 2. The number of hydrogen-bond donors (Lipinski definition) is 0. The van der Waals surface area contributed by atoms with Crippen LogP contribution in [0, 0.1) is 0 Å². The number of fused-ring (bicyclic) bond motifs is 8. The van der Waals surface area contributed by atoms with E-state index in [1.165, 1.54) is 98.7 Å². The number of anilines is 6. The van der Waals surface area contributed by atoms with Gasteiger partial charge in [0.25, 0.3) is 0 Å². The summed E-state index contributed by atoms with van der Waals surface area (Å²) in [6.07, 6.45) is 6.24. The number of nitrogens with zero attached hydrogens (tertiary/aromatic N) is 2. The summed E-state index contributed by atoms with van der Waals surface area (Å²) in [5.74, 6) is 0.471. The molecule has 0 unspecified atom stereocenters. The van der Waals surface area contributed by atoms with Gasteiger partial charge in [0.1, 0.15) is 22.5 Å². The van der Waals surface area contributed by atoms with Crippen molar-refractivity contribution >= 4 is 79.6 Å². The zero-order chi connectivity index (χ0) is 49.7.